The minimum atomic E-state index is -0.301. The Balaban J connectivity index is 2.19. The summed E-state index contributed by atoms with van der Waals surface area (Å²) >= 11 is 3.28. The smallest absolute Gasteiger partial charge is 0.129 e. The van der Waals surface area contributed by atoms with Gasteiger partial charge in [0.2, 0.25) is 0 Å². The fourth-order valence-electron chi connectivity index (χ4n) is 1.64. The second-order valence-electron chi connectivity index (χ2n) is 3.57. The Morgan fingerprint density at radius 2 is 2.06 bits per heavy atom. The molecule has 1 fully saturated rings. The summed E-state index contributed by atoms with van der Waals surface area (Å²) in [6.45, 7) is 2.70. The van der Waals surface area contributed by atoms with Gasteiger partial charge in [-0.05, 0) is 34.1 Å². The number of rotatable bonds is 1. The SMILES string of the molecule is N=C(c1ccc(F)cc1Br)N1CCOCC1. The van der Waals surface area contributed by atoms with Crippen molar-refractivity contribution in [3.05, 3.63) is 34.1 Å². The largest absolute Gasteiger partial charge is 0.378 e. The Morgan fingerprint density at radius 1 is 1.38 bits per heavy atom. The fourth-order valence-corrected chi connectivity index (χ4v) is 2.18. The third-order valence-electron chi connectivity index (χ3n) is 2.51. The van der Waals surface area contributed by atoms with Crippen molar-refractivity contribution in [1.29, 1.82) is 5.41 Å². The van der Waals surface area contributed by atoms with E-state index in [1.165, 1.54) is 12.1 Å². The molecule has 0 aliphatic carbocycles. The molecule has 1 N–H and O–H groups in total. The van der Waals surface area contributed by atoms with Gasteiger partial charge in [0.05, 0.1) is 13.2 Å². The first kappa shape index (κ1) is 11.5. The summed E-state index contributed by atoms with van der Waals surface area (Å²) in [6.07, 6.45) is 0. The zero-order valence-electron chi connectivity index (χ0n) is 8.67. The van der Waals surface area contributed by atoms with Crippen molar-refractivity contribution in [2.24, 2.45) is 0 Å². The van der Waals surface area contributed by atoms with Gasteiger partial charge in [0.25, 0.3) is 0 Å². The maximum atomic E-state index is 12.9. The molecule has 0 radical (unpaired) electrons. The van der Waals surface area contributed by atoms with E-state index in [9.17, 15) is 4.39 Å². The maximum absolute atomic E-state index is 12.9. The number of amidine groups is 1. The van der Waals surface area contributed by atoms with Crippen molar-refractivity contribution in [3.8, 4) is 0 Å². The molecule has 1 saturated heterocycles. The van der Waals surface area contributed by atoms with Crippen molar-refractivity contribution in [2.45, 2.75) is 0 Å². The summed E-state index contributed by atoms with van der Waals surface area (Å²) < 4.78 is 18.8. The number of hydrogen-bond acceptors (Lipinski definition) is 2. The molecule has 1 aliphatic rings. The topological polar surface area (TPSA) is 36.3 Å². The average molecular weight is 287 g/mol. The van der Waals surface area contributed by atoms with Crippen LogP contribution >= 0.6 is 15.9 Å². The van der Waals surface area contributed by atoms with Crippen LogP contribution in [0.5, 0.6) is 0 Å². The fraction of sp³-hybridized carbons (Fsp3) is 0.364. The van der Waals surface area contributed by atoms with E-state index in [1.54, 1.807) is 6.07 Å². The predicted molar refractivity (Wildman–Crippen MR) is 63.3 cm³/mol. The highest BCUT2D eigenvalue weighted by Gasteiger charge is 2.17. The molecule has 1 aromatic rings. The summed E-state index contributed by atoms with van der Waals surface area (Å²) in [5.41, 5.74) is 0.711. The molecule has 0 aromatic heterocycles. The van der Waals surface area contributed by atoms with Gasteiger partial charge < -0.3 is 9.64 Å². The molecule has 3 nitrogen and oxygen atoms in total. The van der Waals surface area contributed by atoms with Gasteiger partial charge >= 0.3 is 0 Å². The molecule has 5 heteroatoms. The Kier molecular flexibility index (Phi) is 3.56. The molecule has 2 rings (SSSR count). The number of ether oxygens (including phenoxy) is 1. The van der Waals surface area contributed by atoms with Crippen LogP contribution in [0.25, 0.3) is 0 Å². The lowest BCUT2D eigenvalue weighted by molar-refractivity contribution is 0.0679. The molecule has 0 amide bonds. The van der Waals surface area contributed by atoms with Crippen LogP contribution in [0.3, 0.4) is 0 Å². The maximum Gasteiger partial charge on any atom is 0.129 e. The lowest BCUT2D eigenvalue weighted by Crippen LogP contribution is -2.40. The highest BCUT2D eigenvalue weighted by atomic mass is 79.9. The Bertz CT molecular complexity index is 405. The summed E-state index contributed by atoms with van der Waals surface area (Å²) in [7, 11) is 0. The Morgan fingerprint density at radius 3 is 2.69 bits per heavy atom. The summed E-state index contributed by atoms with van der Waals surface area (Å²) in [5.74, 6) is 0.112. The molecule has 1 heterocycles. The van der Waals surface area contributed by atoms with Gasteiger partial charge in [-0.2, -0.15) is 0 Å². The first-order valence-electron chi connectivity index (χ1n) is 5.05. The van der Waals surface area contributed by atoms with E-state index in [0.717, 1.165) is 0 Å². The number of benzene rings is 1. The lowest BCUT2D eigenvalue weighted by atomic mass is 10.2. The molecule has 0 atom stereocenters. The normalized spacial score (nSPS) is 16.2. The number of nitrogens with one attached hydrogen (secondary N) is 1. The molecule has 0 bridgehead atoms. The highest BCUT2D eigenvalue weighted by molar-refractivity contribution is 9.10. The second kappa shape index (κ2) is 4.93. The molecule has 0 unspecified atom stereocenters. The van der Waals surface area contributed by atoms with Gasteiger partial charge in [-0.1, -0.05) is 0 Å². The van der Waals surface area contributed by atoms with E-state index in [0.29, 0.717) is 42.2 Å². The number of morpholine rings is 1. The van der Waals surface area contributed by atoms with Crippen LogP contribution in [0.15, 0.2) is 22.7 Å². The van der Waals surface area contributed by atoms with Crippen LogP contribution in [0.4, 0.5) is 4.39 Å². The van der Waals surface area contributed by atoms with Crippen LogP contribution in [0, 0.1) is 11.2 Å². The first-order chi connectivity index (χ1) is 7.68. The van der Waals surface area contributed by atoms with Crippen molar-refractivity contribution in [2.75, 3.05) is 26.3 Å². The van der Waals surface area contributed by atoms with Gasteiger partial charge in [-0.15, -0.1) is 0 Å². The van der Waals surface area contributed by atoms with E-state index in [4.69, 9.17) is 10.1 Å². The quantitative estimate of drug-likeness (QED) is 0.635. The number of hydrogen-bond donors (Lipinski definition) is 1. The molecular formula is C11H12BrFN2O. The van der Waals surface area contributed by atoms with Gasteiger partial charge in [0, 0.05) is 23.1 Å². The molecule has 86 valence electrons. The van der Waals surface area contributed by atoms with E-state index in [-0.39, 0.29) is 5.82 Å². The van der Waals surface area contributed by atoms with Crippen molar-refractivity contribution in [3.63, 3.8) is 0 Å². The molecular weight excluding hydrogens is 275 g/mol. The van der Waals surface area contributed by atoms with Crippen LogP contribution < -0.4 is 0 Å². The average Bonchev–Trinajstić information content (AvgIpc) is 2.29. The van der Waals surface area contributed by atoms with Crippen molar-refractivity contribution in [1.82, 2.24) is 4.90 Å². The second-order valence-corrected chi connectivity index (χ2v) is 4.43. The van der Waals surface area contributed by atoms with Crippen LogP contribution in [0.1, 0.15) is 5.56 Å². The third kappa shape index (κ3) is 2.41. The lowest BCUT2D eigenvalue weighted by Gasteiger charge is -2.29. The molecule has 1 aliphatic heterocycles. The zero-order valence-corrected chi connectivity index (χ0v) is 10.3. The standard InChI is InChI=1S/C11H12BrFN2O/c12-10-7-8(13)1-2-9(10)11(14)15-3-5-16-6-4-15/h1-2,7,14H,3-6H2. The number of nitrogens with zero attached hydrogens (tertiary/aromatic N) is 1. The summed E-state index contributed by atoms with van der Waals surface area (Å²) in [4.78, 5) is 1.93. The van der Waals surface area contributed by atoms with E-state index in [2.05, 4.69) is 15.9 Å². The number of halogens is 2. The highest BCUT2D eigenvalue weighted by Crippen LogP contribution is 2.20. The van der Waals surface area contributed by atoms with Crippen molar-refractivity contribution >= 4 is 21.8 Å². The van der Waals surface area contributed by atoms with E-state index < -0.39 is 0 Å². The molecule has 16 heavy (non-hydrogen) atoms. The van der Waals surface area contributed by atoms with Crippen LogP contribution in [-0.4, -0.2) is 37.0 Å². The summed E-state index contributed by atoms with van der Waals surface area (Å²) in [5, 5.41) is 8.05. The Hall–Kier alpha value is -0.940. The van der Waals surface area contributed by atoms with Crippen molar-refractivity contribution < 1.29 is 9.13 Å². The first-order valence-corrected chi connectivity index (χ1v) is 5.84. The summed E-state index contributed by atoms with van der Waals surface area (Å²) in [6, 6.07) is 4.37. The van der Waals surface area contributed by atoms with Crippen LogP contribution in [-0.2, 0) is 4.74 Å². The van der Waals surface area contributed by atoms with E-state index in [1.807, 2.05) is 4.90 Å². The zero-order chi connectivity index (χ0) is 11.5. The van der Waals surface area contributed by atoms with Gasteiger partial charge in [-0.3, -0.25) is 5.41 Å². The molecule has 1 aromatic carbocycles. The van der Waals surface area contributed by atoms with Crippen LogP contribution in [0.2, 0.25) is 0 Å². The van der Waals surface area contributed by atoms with E-state index >= 15 is 0 Å². The molecule has 0 spiro atoms. The van der Waals surface area contributed by atoms with Gasteiger partial charge in [-0.25, -0.2) is 4.39 Å². The minimum absolute atomic E-state index is 0.301. The monoisotopic (exact) mass is 286 g/mol. The molecule has 0 saturated carbocycles. The Labute approximate surface area is 102 Å². The van der Waals surface area contributed by atoms with Gasteiger partial charge in [0.15, 0.2) is 0 Å². The predicted octanol–water partition coefficient (Wildman–Crippen LogP) is 2.25. The minimum Gasteiger partial charge on any atom is -0.378 e. The van der Waals surface area contributed by atoms with Gasteiger partial charge in [0.1, 0.15) is 11.7 Å². The third-order valence-corrected chi connectivity index (χ3v) is 3.17.